The average molecular weight is 701 g/mol. The van der Waals surface area contributed by atoms with Gasteiger partial charge >= 0.3 is 0 Å². The number of methoxy groups -OCH3 is 1. The van der Waals surface area contributed by atoms with E-state index in [2.05, 4.69) is 15.1 Å². The molecule has 14 heteroatoms. The third kappa shape index (κ3) is 6.19. The number of fused-ring (bicyclic) bond motifs is 2. The van der Waals surface area contributed by atoms with Crippen molar-refractivity contribution in [3.8, 4) is 5.75 Å². The first kappa shape index (κ1) is 33.5. The van der Waals surface area contributed by atoms with E-state index in [4.69, 9.17) is 19.2 Å². The van der Waals surface area contributed by atoms with Crippen molar-refractivity contribution in [2.24, 2.45) is 5.92 Å². The Morgan fingerprint density at radius 1 is 1.10 bits per heavy atom. The van der Waals surface area contributed by atoms with Gasteiger partial charge in [-0.1, -0.05) is 0 Å². The summed E-state index contributed by atoms with van der Waals surface area (Å²) in [5.41, 5.74) is 2.09. The lowest BCUT2D eigenvalue weighted by Crippen LogP contribution is -2.72. The lowest BCUT2D eigenvalue weighted by Gasteiger charge is -2.55. The molecule has 5 aliphatic heterocycles. The number of pyridine rings is 1. The number of anilines is 1. The number of benzene rings is 2. The Labute approximate surface area is 294 Å². The molecule has 0 aliphatic carbocycles. The molecule has 4 saturated heterocycles. The molecule has 2 aromatic carbocycles. The van der Waals surface area contributed by atoms with Gasteiger partial charge in [0, 0.05) is 83.1 Å². The highest BCUT2D eigenvalue weighted by Crippen LogP contribution is 2.34. The van der Waals surface area contributed by atoms with Gasteiger partial charge in [0.15, 0.2) is 0 Å². The van der Waals surface area contributed by atoms with Crippen molar-refractivity contribution in [1.29, 1.82) is 0 Å². The van der Waals surface area contributed by atoms with Crippen LogP contribution in [0.2, 0.25) is 0 Å². The summed E-state index contributed by atoms with van der Waals surface area (Å²) in [6, 6.07) is 12.1. The van der Waals surface area contributed by atoms with E-state index in [0.717, 1.165) is 16.5 Å². The van der Waals surface area contributed by atoms with Crippen LogP contribution in [0.1, 0.15) is 41.3 Å². The van der Waals surface area contributed by atoms with E-state index >= 15 is 4.39 Å². The predicted molar refractivity (Wildman–Crippen MR) is 182 cm³/mol. The van der Waals surface area contributed by atoms with E-state index in [1.165, 1.54) is 4.90 Å². The summed E-state index contributed by atoms with van der Waals surface area (Å²) < 4.78 is 33.2. The van der Waals surface area contributed by atoms with Crippen molar-refractivity contribution in [2.45, 2.75) is 50.5 Å². The molecule has 0 bridgehead atoms. The van der Waals surface area contributed by atoms with Gasteiger partial charge in [-0.15, -0.1) is 0 Å². The highest BCUT2D eigenvalue weighted by molar-refractivity contribution is 6.05. The molecule has 1 spiro atoms. The number of piperazine rings is 1. The Hall–Kier alpha value is -4.66. The highest BCUT2D eigenvalue weighted by atomic mass is 19.1. The molecule has 4 fully saturated rings. The monoisotopic (exact) mass is 700 g/mol. The second kappa shape index (κ2) is 13.1. The van der Waals surface area contributed by atoms with Crippen molar-refractivity contribution < 1.29 is 37.8 Å². The molecule has 1 aromatic heterocycles. The van der Waals surface area contributed by atoms with Crippen molar-refractivity contribution in [3.63, 3.8) is 0 Å². The number of aromatic nitrogens is 1. The van der Waals surface area contributed by atoms with Crippen LogP contribution in [0.15, 0.2) is 42.5 Å². The normalized spacial score (nSPS) is 24.6. The molecule has 6 heterocycles. The summed E-state index contributed by atoms with van der Waals surface area (Å²) in [5.74, 6) is 0.0345. The molecule has 3 atom stereocenters. The number of likely N-dealkylation sites (tertiary alicyclic amines) is 1. The summed E-state index contributed by atoms with van der Waals surface area (Å²) >= 11 is 0. The summed E-state index contributed by atoms with van der Waals surface area (Å²) in [5, 5.41) is 3.06. The van der Waals surface area contributed by atoms with E-state index < -0.39 is 11.9 Å². The number of nitrogens with one attached hydrogen (secondary N) is 1. The number of rotatable bonds is 8. The number of carbonyl (C=O) groups is 4. The van der Waals surface area contributed by atoms with Crippen LogP contribution >= 0.6 is 0 Å². The Balaban J connectivity index is 0.936. The number of carbonyl (C=O) groups excluding carboxylic acids is 4. The molecule has 0 unspecified atom stereocenters. The van der Waals surface area contributed by atoms with E-state index in [-0.39, 0.29) is 54.1 Å². The molecule has 51 heavy (non-hydrogen) atoms. The van der Waals surface area contributed by atoms with Gasteiger partial charge < -0.3 is 28.9 Å². The molecule has 0 saturated carbocycles. The Morgan fingerprint density at radius 3 is 2.69 bits per heavy atom. The fourth-order valence-corrected chi connectivity index (χ4v) is 8.38. The number of hydrogen-bond acceptors (Lipinski definition) is 10. The molecule has 1 N–H and O–H groups in total. The average Bonchev–Trinajstić information content (AvgIpc) is 3.62. The van der Waals surface area contributed by atoms with Crippen LogP contribution in [0, 0.1) is 11.7 Å². The van der Waals surface area contributed by atoms with Crippen LogP contribution in [-0.4, -0.2) is 121 Å². The third-order valence-corrected chi connectivity index (χ3v) is 10.9. The number of imide groups is 1. The SMILES string of the molecule is COC[C@@H]1CN(Cc2cc(F)c3nc(N4CCN(C(C)=O)C5(COC5)C4)ccc3c2)C[C@H]1Oc1ccc2c(c1)CN([C@H]1CCC(=O)NC1=O)C2=O. The third-order valence-electron chi connectivity index (χ3n) is 10.9. The van der Waals surface area contributed by atoms with Crippen LogP contribution in [0.4, 0.5) is 10.2 Å². The number of ether oxygens (including phenoxy) is 3. The molecule has 5 aliphatic rings. The van der Waals surface area contributed by atoms with Gasteiger partial charge in [0.25, 0.3) is 5.91 Å². The van der Waals surface area contributed by atoms with E-state index in [1.807, 2.05) is 29.2 Å². The maximum absolute atomic E-state index is 15.7. The Bertz CT molecular complexity index is 1920. The van der Waals surface area contributed by atoms with Crippen LogP contribution in [0.25, 0.3) is 10.9 Å². The molecule has 0 radical (unpaired) electrons. The van der Waals surface area contributed by atoms with Crippen LogP contribution < -0.4 is 15.0 Å². The van der Waals surface area contributed by atoms with Crippen molar-refractivity contribution >= 4 is 40.3 Å². The minimum atomic E-state index is -0.677. The van der Waals surface area contributed by atoms with Gasteiger partial charge in [0.1, 0.15) is 40.6 Å². The largest absolute Gasteiger partial charge is 0.489 e. The van der Waals surface area contributed by atoms with Gasteiger partial charge in [0.05, 0.1) is 19.8 Å². The minimum absolute atomic E-state index is 0.0356. The number of piperidine rings is 1. The lowest BCUT2D eigenvalue weighted by molar-refractivity contribution is -0.167. The molecular weight excluding hydrogens is 659 g/mol. The van der Waals surface area contributed by atoms with Gasteiger partial charge in [-0.2, -0.15) is 0 Å². The fourth-order valence-electron chi connectivity index (χ4n) is 8.38. The summed E-state index contributed by atoms with van der Waals surface area (Å²) in [7, 11) is 1.66. The van der Waals surface area contributed by atoms with Crippen molar-refractivity contribution in [1.82, 2.24) is 25.0 Å². The van der Waals surface area contributed by atoms with E-state index in [0.29, 0.717) is 88.2 Å². The number of halogens is 1. The standard InChI is InChI=1S/C37H41FN6O7/c1-22(45)44-10-9-42(19-37(44)20-50-21-37)32-7-3-24-11-23(12-29(38)34(24)39-32)14-41-15-26(18-49-2)31(17-41)51-27-4-5-28-25(13-27)16-43(36(28)48)30-6-8-33(46)40-35(30)47/h3-5,7,11-13,26,30-31H,6,8-10,14-21H2,1-2H3,(H,40,46,47)/t26-,30-,31+/m0/s1. The van der Waals surface area contributed by atoms with Gasteiger partial charge in [0.2, 0.25) is 17.7 Å². The summed E-state index contributed by atoms with van der Waals surface area (Å²) in [6.07, 6.45) is 0.307. The van der Waals surface area contributed by atoms with Gasteiger partial charge in [-0.3, -0.25) is 29.4 Å². The molecule has 13 nitrogen and oxygen atoms in total. The second-order valence-electron chi connectivity index (χ2n) is 14.4. The first-order valence-electron chi connectivity index (χ1n) is 17.5. The maximum atomic E-state index is 15.7. The fraction of sp³-hybridized carbons (Fsp3) is 0.486. The van der Waals surface area contributed by atoms with E-state index in [9.17, 15) is 19.2 Å². The maximum Gasteiger partial charge on any atom is 0.255 e. The Kier molecular flexibility index (Phi) is 8.63. The predicted octanol–water partition coefficient (Wildman–Crippen LogP) is 2.10. The smallest absolute Gasteiger partial charge is 0.255 e. The number of hydrogen-bond donors (Lipinski definition) is 1. The van der Waals surface area contributed by atoms with Crippen LogP contribution in [-0.2, 0) is 36.9 Å². The topological polar surface area (TPSA) is 134 Å². The zero-order chi connectivity index (χ0) is 35.4. The first-order valence-corrected chi connectivity index (χ1v) is 17.5. The van der Waals surface area contributed by atoms with Gasteiger partial charge in [-0.05, 0) is 60.0 Å². The van der Waals surface area contributed by atoms with E-state index in [1.54, 1.807) is 32.2 Å². The highest BCUT2D eigenvalue weighted by Gasteiger charge is 2.49. The zero-order valence-electron chi connectivity index (χ0n) is 28.7. The molecule has 8 rings (SSSR count). The minimum Gasteiger partial charge on any atom is -0.489 e. The quantitative estimate of drug-likeness (QED) is 0.349. The summed E-state index contributed by atoms with van der Waals surface area (Å²) in [4.78, 5) is 61.9. The first-order chi connectivity index (χ1) is 24.6. The zero-order valence-corrected chi connectivity index (χ0v) is 28.7. The second-order valence-corrected chi connectivity index (χ2v) is 14.4. The Morgan fingerprint density at radius 2 is 1.94 bits per heavy atom. The van der Waals surface area contributed by atoms with Crippen LogP contribution in [0.5, 0.6) is 5.75 Å². The molecule has 4 amide bonds. The van der Waals surface area contributed by atoms with Gasteiger partial charge in [-0.25, -0.2) is 9.37 Å². The lowest BCUT2D eigenvalue weighted by atomic mass is 9.91. The molecule has 268 valence electrons. The van der Waals surface area contributed by atoms with Crippen molar-refractivity contribution in [2.75, 3.05) is 64.6 Å². The molecule has 3 aromatic rings. The molecular formula is C37H41FN6O7. The van der Waals surface area contributed by atoms with Crippen LogP contribution in [0.3, 0.4) is 0 Å². The number of nitrogens with zero attached hydrogens (tertiary/aromatic N) is 5. The van der Waals surface area contributed by atoms with Crippen molar-refractivity contribution in [3.05, 3.63) is 65.0 Å². The summed E-state index contributed by atoms with van der Waals surface area (Å²) in [6.45, 7) is 6.91. The number of amides is 4.